The maximum Gasteiger partial charge on any atom is 0.407 e. The van der Waals surface area contributed by atoms with E-state index in [0.717, 1.165) is 6.29 Å². The topological polar surface area (TPSA) is 66.8 Å². The van der Waals surface area contributed by atoms with Crippen molar-refractivity contribution < 1.29 is 19.1 Å². The van der Waals surface area contributed by atoms with Gasteiger partial charge in [0, 0.05) is 19.0 Å². The second kappa shape index (κ2) is 8.51. The lowest BCUT2D eigenvalue weighted by Gasteiger charge is -2.44. The van der Waals surface area contributed by atoms with E-state index in [0.29, 0.717) is 13.0 Å². The number of aldehydes is 1. The van der Waals surface area contributed by atoms with Crippen LogP contribution >= 0.6 is 0 Å². The molecule has 1 amide bonds. The fourth-order valence-corrected chi connectivity index (χ4v) is 9.15. The number of carbonyl (C=O) groups is 2. The first-order valence-electron chi connectivity index (χ1n) is 10.0. The van der Waals surface area contributed by atoms with Gasteiger partial charge >= 0.3 is 6.09 Å². The van der Waals surface area contributed by atoms with Gasteiger partial charge in [0.15, 0.2) is 0 Å². The van der Waals surface area contributed by atoms with Gasteiger partial charge < -0.3 is 19.2 Å². The predicted molar refractivity (Wildman–Crippen MR) is 116 cm³/mol. The normalized spacial score (nSPS) is 19.9. The summed E-state index contributed by atoms with van der Waals surface area (Å²) < 4.78 is 7.01. The summed E-state index contributed by atoms with van der Waals surface area (Å²) in [6.07, 6.45) is 0.293. The number of carboxylic acid groups (broad SMARTS) is 1. The quantitative estimate of drug-likeness (QED) is 0.585. The summed E-state index contributed by atoms with van der Waals surface area (Å²) in [7, 11) is -2.74. The highest BCUT2D eigenvalue weighted by Crippen LogP contribution is 2.39. The number of rotatable bonds is 6. The molecule has 0 aromatic heterocycles. The minimum atomic E-state index is -2.74. The van der Waals surface area contributed by atoms with Gasteiger partial charge in [-0.25, -0.2) is 4.79 Å². The molecule has 6 heteroatoms. The van der Waals surface area contributed by atoms with E-state index in [9.17, 15) is 14.7 Å². The van der Waals surface area contributed by atoms with Crippen molar-refractivity contribution in [1.82, 2.24) is 4.90 Å². The van der Waals surface area contributed by atoms with Crippen LogP contribution in [0.5, 0.6) is 0 Å². The van der Waals surface area contributed by atoms with Crippen LogP contribution in [0.2, 0.25) is 5.04 Å². The molecule has 0 aliphatic carbocycles. The number of hydrogen-bond acceptors (Lipinski definition) is 3. The molecule has 154 valence electrons. The van der Waals surface area contributed by atoms with Gasteiger partial charge in [0.25, 0.3) is 8.32 Å². The third-order valence-electron chi connectivity index (χ3n) is 5.75. The summed E-state index contributed by atoms with van der Waals surface area (Å²) in [5, 5.41) is 11.7. The van der Waals surface area contributed by atoms with Crippen molar-refractivity contribution in [2.75, 3.05) is 6.54 Å². The summed E-state index contributed by atoms with van der Waals surface area (Å²) in [6.45, 7) is 6.89. The van der Waals surface area contributed by atoms with Crippen molar-refractivity contribution in [2.45, 2.75) is 50.8 Å². The van der Waals surface area contributed by atoms with Crippen LogP contribution < -0.4 is 10.4 Å². The molecule has 2 atom stereocenters. The molecule has 29 heavy (non-hydrogen) atoms. The van der Waals surface area contributed by atoms with Crippen molar-refractivity contribution in [1.29, 1.82) is 0 Å². The van der Waals surface area contributed by atoms with Crippen molar-refractivity contribution >= 4 is 31.1 Å². The minimum absolute atomic E-state index is 0.174. The number of nitrogens with zero attached hydrogens (tertiary/aromatic N) is 1. The van der Waals surface area contributed by atoms with Gasteiger partial charge in [-0.3, -0.25) is 0 Å². The minimum Gasteiger partial charge on any atom is -0.465 e. The third kappa shape index (κ3) is 4.14. The first kappa shape index (κ1) is 21.3. The Labute approximate surface area is 173 Å². The van der Waals surface area contributed by atoms with Crippen molar-refractivity contribution in [3.05, 3.63) is 60.7 Å². The summed E-state index contributed by atoms with van der Waals surface area (Å²) in [4.78, 5) is 24.1. The average molecular weight is 412 g/mol. The van der Waals surface area contributed by atoms with E-state index in [2.05, 4.69) is 45.0 Å². The molecule has 3 rings (SSSR count). The van der Waals surface area contributed by atoms with Gasteiger partial charge in [-0.2, -0.15) is 0 Å². The van der Waals surface area contributed by atoms with Crippen LogP contribution in [0.15, 0.2) is 60.7 Å². The first-order chi connectivity index (χ1) is 13.8. The zero-order valence-electron chi connectivity index (χ0n) is 17.2. The Morgan fingerprint density at radius 3 is 2.03 bits per heavy atom. The fourth-order valence-electron chi connectivity index (χ4n) is 4.47. The van der Waals surface area contributed by atoms with Crippen LogP contribution in [-0.4, -0.2) is 49.4 Å². The molecule has 1 fully saturated rings. The fraction of sp³-hybridized carbons (Fsp3) is 0.391. The molecule has 1 aliphatic rings. The molecule has 1 N–H and O–H groups in total. The largest absolute Gasteiger partial charge is 0.465 e. The number of hydrogen-bond donors (Lipinski definition) is 1. The monoisotopic (exact) mass is 411 g/mol. The Bertz CT molecular complexity index is 795. The van der Waals surface area contributed by atoms with E-state index >= 15 is 0 Å². The highest BCUT2D eigenvalue weighted by atomic mass is 28.4. The lowest BCUT2D eigenvalue weighted by Crippen LogP contribution is -2.67. The Balaban J connectivity index is 2.07. The van der Waals surface area contributed by atoms with Crippen LogP contribution in [-0.2, 0) is 9.22 Å². The number of benzene rings is 2. The highest BCUT2D eigenvalue weighted by molar-refractivity contribution is 6.99. The van der Waals surface area contributed by atoms with Gasteiger partial charge in [-0.05, 0) is 21.8 Å². The Kier molecular flexibility index (Phi) is 6.24. The number of carbonyl (C=O) groups excluding carboxylic acids is 1. The molecule has 0 bridgehead atoms. The predicted octanol–water partition coefficient (Wildman–Crippen LogP) is 3.27. The Morgan fingerprint density at radius 2 is 1.62 bits per heavy atom. The molecule has 2 aromatic rings. The standard InChI is InChI=1S/C23H29NO4Si/c1-23(2,3)29(20-10-6-4-7-11-20,21-12-8-5-9-13-21)28-19-16-18(14-15-25)24(17-19)22(26)27/h4-13,15,18-19H,14,16-17H2,1-3H3,(H,26,27)/t18-,19-/m0/s1. The second-order valence-corrected chi connectivity index (χ2v) is 12.9. The Morgan fingerprint density at radius 1 is 1.10 bits per heavy atom. The molecule has 0 radical (unpaired) electrons. The molecule has 1 aliphatic heterocycles. The molecule has 0 saturated carbocycles. The van der Waals surface area contributed by atoms with Crippen LogP contribution in [0.4, 0.5) is 4.79 Å². The van der Waals surface area contributed by atoms with E-state index in [-0.39, 0.29) is 23.6 Å². The molecule has 0 unspecified atom stereocenters. The molecule has 1 heterocycles. The van der Waals surface area contributed by atoms with Gasteiger partial charge in [-0.1, -0.05) is 81.4 Å². The summed E-state index contributed by atoms with van der Waals surface area (Å²) in [5.74, 6) is 0. The zero-order valence-corrected chi connectivity index (χ0v) is 18.2. The summed E-state index contributed by atoms with van der Waals surface area (Å²) >= 11 is 0. The zero-order chi connectivity index (χ0) is 21.1. The van der Waals surface area contributed by atoms with Gasteiger partial charge in [0.05, 0.1) is 6.10 Å². The number of likely N-dealkylation sites (tertiary alicyclic amines) is 1. The smallest absolute Gasteiger partial charge is 0.407 e. The number of amides is 1. The molecule has 2 aromatic carbocycles. The maximum atomic E-state index is 11.7. The molecule has 1 saturated heterocycles. The Hall–Kier alpha value is -2.44. The molecular weight excluding hydrogens is 382 g/mol. The molecule has 5 nitrogen and oxygen atoms in total. The van der Waals surface area contributed by atoms with Crippen LogP contribution in [0, 0.1) is 0 Å². The summed E-state index contributed by atoms with van der Waals surface area (Å²) in [5.41, 5.74) is 0. The van der Waals surface area contributed by atoms with E-state index in [1.807, 2.05) is 36.4 Å². The summed E-state index contributed by atoms with van der Waals surface area (Å²) in [6, 6.07) is 20.3. The van der Waals surface area contributed by atoms with Gasteiger partial charge in [0.1, 0.15) is 6.29 Å². The average Bonchev–Trinajstić information content (AvgIpc) is 3.09. The lowest BCUT2D eigenvalue weighted by atomic mass is 10.1. The molecule has 0 spiro atoms. The first-order valence-corrected chi connectivity index (χ1v) is 11.9. The van der Waals surface area contributed by atoms with Crippen LogP contribution in [0.3, 0.4) is 0 Å². The van der Waals surface area contributed by atoms with Gasteiger partial charge in [-0.15, -0.1) is 0 Å². The van der Waals surface area contributed by atoms with E-state index < -0.39 is 14.4 Å². The van der Waals surface area contributed by atoms with E-state index in [1.165, 1.54) is 15.3 Å². The lowest BCUT2D eigenvalue weighted by molar-refractivity contribution is -0.108. The van der Waals surface area contributed by atoms with Crippen LogP contribution in [0.25, 0.3) is 0 Å². The SMILES string of the molecule is CC(C)(C)[Si](O[C@H]1C[C@H](CC=O)N(C(=O)O)C1)(c1ccccc1)c1ccccc1. The van der Waals surface area contributed by atoms with Crippen molar-refractivity contribution in [3.63, 3.8) is 0 Å². The second-order valence-electron chi connectivity index (χ2n) is 8.63. The van der Waals surface area contributed by atoms with Crippen molar-refractivity contribution in [2.24, 2.45) is 0 Å². The van der Waals surface area contributed by atoms with Crippen molar-refractivity contribution in [3.8, 4) is 0 Å². The maximum absolute atomic E-state index is 11.7. The highest BCUT2D eigenvalue weighted by Gasteiger charge is 2.52. The third-order valence-corrected chi connectivity index (χ3v) is 10.8. The van der Waals surface area contributed by atoms with Gasteiger partial charge in [0.2, 0.25) is 0 Å². The molecular formula is C23H29NO4Si. The van der Waals surface area contributed by atoms with E-state index in [4.69, 9.17) is 4.43 Å². The van der Waals surface area contributed by atoms with Crippen LogP contribution in [0.1, 0.15) is 33.6 Å². The van der Waals surface area contributed by atoms with E-state index in [1.54, 1.807) is 0 Å².